The average Bonchev–Trinajstić information content (AvgIpc) is 3.17. The largest absolute Gasteiger partial charge is 0.355 e. The smallest absolute Gasteiger partial charge is 0.128 e. The van der Waals surface area contributed by atoms with Crippen molar-refractivity contribution >= 4 is 17.4 Å². The standard InChI is InChI=1S/C16H25ClN4/c1-2-18-10-13-9-16(19-11-15(13)17)21-8-5-14(12-21)20-6-3-4-7-20/h9,11,14,18H,2-8,10,12H2,1H3. The summed E-state index contributed by atoms with van der Waals surface area (Å²) in [7, 11) is 0. The van der Waals surface area contributed by atoms with Crippen LogP contribution in [0, 0.1) is 0 Å². The van der Waals surface area contributed by atoms with Gasteiger partial charge in [0, 0.05) is 31.9 Å². The molecule has 0 spiro atoms. The van der Waals surface area contributed by atoms with Gasteiger partial charge in [-0.1, -0.05) is 18.5 Å². The van der Waals surface area contributed by atoms with E-state index in [-0.39, 0.29) is 0 Å². The van der Waals surface area contributed by atoms with E-state index >= 15 is 0 Å². The van der Waals surface area contributed by atoms with E-state index in [1.807, 2.05) is 0 Å². The van der Waals surface area contributed by atoms with Crippen molar-refractivity contribution in [3.8, 4) is 0 Å². The molecule has 0 aliphatic carbocycles. The fraction of sp³-hybridized carbons (Fsp3) is 0.688. The molecular formula is C16H25ClN4. The Bertz CT molecular complexity index is 473. The zero-order valence-corrected chi connectivity index (χ0v) is 13.6. The molecule has 2 saturated heterocycles. The minimum atomic E-state index is 0.710. The van der Waals surface area contributed by atoms with Gasteiger partial charge in [-0.05, 0) is 50.5 Å². The van der Waals surface area contributed by atoms with Crippen LogP contribution in [0.2, 0.25) is 5.02 Å². The predicted octanol–water partition coefficient (Wildman–Crippen LogP) is 2.52. The maximum absolute atomic E-state index is 6.24. The van der Waals surface area contributed by atoms with Crippen LogP contribution in [0.4, 0.5) is 5.82 Å². The quantitative estimate of drug-likeness (QED) is 0.906. The number of halogens is 1. The second-order valence-electron chi connectivity index (χ2n) is 6.05. The van der Waals surface area contributed by atoms with E-state index in [2.05, 4.69) is 33.1 Å². The van der Waals surface area contributed by atoms with Gasteiger partial charge in [0.15, 0.2) is 0 Å². The Kier molecular flexibility index (Phi) is 4.99. The Morgan fingerprint density at radius 2 is 2.14 bits per heavy atom. The zero-order valence-electron chi connectivity index (χ0n) is 12.8. The lowest BCUT2D eigenvalue weighted by Crippen LogP contribution is -2.35. The minimum absolute atomic E-state index is 0.710. The van der Waals surface area contributed by atoms with E-state index in [0.717, 1.165) is 42.6 Å². The van der Waals surface area contributed by atoms with Crippen LogP contribution in [0.1, 0.15) is 31.7 Å². The highest BCUT2D eigenvalue weighted by Gasteiger charge is 2.29. The van der Waals surface area contributed by atoms with Gasteiger partial charge in [-0.2, -0.15) is 0 Å². The summed E-state index contributed by atoms with van der Waals surface area (Å²) in [6, 6.07) is 2.86. The van der Waals surface area contributed by atoms with Gasteiger partial charge in [-0.15, -0.1) is 0 Å². The first-order valence-corrected chi connectivity index (χ1v) is 8.50. The summed E-state index contributed by atoms with van der Waals surface area (Å²) < 4.78 is 0. The third-order valence-electron chi connectivity index (χ3n) is 4.63. The van der Waals surface area contributed by atoms with E-state index in [1.165, 1.54) is 32.4 Å². The van der Waals surface area contributed by atoms with Gasteiger partial charge in [0.2, 0.25) is 0 Å². The van der Waals surface area contributed by atoms with Gasteiger partial charge in [0.25, 0.3) is 0 Å². The zero-order chi connectivity index (χ0) is 14.7. The molecule has 3 rings (SSSR count). The number of hydrogen-bond acceptors (Lipinski definition) is 4. The Morgan fingerprint density at radius 3 is 2.90 bits per heavy atom. The molecule has 2 aliphatic rings. The molecule has 116 valence electrons. The molecule has 1 unspecified atom stereocenters. The molecule has 1 atom stereocenters. The monoisotopic (exact) mass is 308 g/mol. The first-order valence-electron chi connectivity index (χ1n) is 8.12. The number of hydrogen-bond donors (Lipinski definition) is 1. The molecule has 0 amide bonds. The second kappa shape index (κ2) is 6.95. The number of aromatic nitrogens is 1. The molecule has 3 heterocycles. The Hall–Kier alpha value is -0.840. The highest BCUT2D eigenvalue weighted by molar-refractivity contribution is 6.31. The van der Waals surface area contributed by atoms with Gasteiger partial charge < -0.3 is 10.2 Å². The molecule has 4 nitrogen and oxygen atoms in total. The van der Waals surface area contributed by atoms with Crippen molar-refractivity contribution in [3.63, 3.8) is 0 Å². The Labute approximate surface area is 132 Å². The number of pyridine rings is 1. The summed E-state index contributed by atoms with van der Waals surface area (Å²) >= 11 is 6.24. The van der Waals surface area contributed by atoms with Crippen molar-refractivity contribution in [2.75, 3.05) is 37.6 Å². The van der Waals surface area contributed by atoms with Gasteiger partial charge in [0.1, 0.15) is 5.82 Å². The van der Waals surface area contributed by atoms with Crippen molar-refractivity contribution < 1.29 is 0 Å². The molecule has 2 fully saturated rings. The lowest BCUT2D eigenvalue weighted by atomic mass is 10.2. The van der Waals surface area contributed by atoms with E-state index in [1.54, 1.807) is 6.20 Å². The van der Waals surface area contributed by atoms with Crippen molar-refractivity contribution in [1.29, 1.82) is 0 Å². The van der Waals surface area contributed by atoms with Crippen LogP contribution in [-0.2, 0) is 6.54 Å². The normalized spacial score (nSPS) is 23.1. The molecule has 0 saturated carbocycles. The summed E-state index contributed by atoms with van der Waals surface area (Å²) in [5.41, 5.74) is 1.15. The average molecular weight is 309 g/mol. The van der Waals surface area contributed by atoms with E-state index in [0.29, 0.717) is 6.04 Å². The number of rotatable bonds is 5. The van der Waals surface area contributed by atoms with E-state index in [4.69, 9.17) is 11.6 Å². The fourth-order valence-electron chi connectivity index (χ4n) is 3.39. The Balaban J connectivity index is 1.66. The van der Waals surface area contributed by atoms with Crippen molar-refractivity contribution in [1.82, 2.24) is 15.2 Å². The molecule has 1 aromatic heterocycles. The minimum Gasteiger partial charge on any atom is -0.355 e. The summed E-state index contributed by atoms with van der Waals surface area (Å²) in [6.45, 7) is 8.64. The van der Waals surface area contributed by atoms with Crippen LogP contribution in [0.15, 0.2) is 12.3 Å². The highest BCUT2D eigenvalue weighted by Crippen LogP contribution is 2.26. The first-order chi connectivity index (χ1) is 10.3. The first kappa shape index (κ1) is 15.1. The van der Waals surface area contributed by atoms with Gasteiger partial charge in [-0.3, -0.25) is 4.90 Å². The molecular weight excluding hydrogens is 284 g/mol. The molecule has 2 aliphatic heterocycles. The third kappa shape index (κ3) is 3.50. The summed E-state index contributed by atoms with van der Waals surface area (Å²) in [6.07, 6.45) is 5.78. The number of nitrogens with one attached hydrogen (secondary N) is 1. The molecule has 5 heteroatoms. The van der Waals surface area contributed by atoms with Crippen LogP contribution in [-0.4, -0.2) is 48.6 Å². The predicted molar refractivity (Wildman–Crippen MR) is 88.1 cm³/mol. The van der Waals surface area contributed by atoms with Crippen molar-refractivity contribution in [3.05, 3.63) is 22.8 Å². The van der Waals surface area contributed by atoms with Gasteiger partial charge in [0.05, 0.1) is 5.02 Å². The number of nitrogens with zero attached hydrogens (tertiary/aromatic N) is 3. The van der Waals surface area contributed by atoms with Crippen LogP contribution in [0.25, 0.3) is 0 Å². The molecule has 0 radical (unpaired) electrons. The van der Waals surface area contributed by atoms with Crippen LogP contribution in [0.5, 0.6) is 0 Å². The summed E-state index contributed by atoms with van der Waals surface area (Å²) in [5, 5.41) is 4.10. The highest BCUT2D eigenvalue weighted by atomic mass is 35.5. The maximum atomic E-state index is 6.24. The van der Waals surface area contributed by atoms with Gasteiger partial charge >= 0.3 is 0 Å². The summed E-state index contributed by atoms with van der Waals surface area (Å²) in [5.74, 6) is 1.08. The molecule has 21 heavy (non-hydrogen) atoms. The summed E-state index contributed by atoms with van der Waals surface area (Å²) in [4.78, 5) is 9.60. The van der Waals surface area contributed by atoms with Crippen molar-refractivity contribution in [2.45, 2.75) is 38.8 Å². The lowest BCUT2D eigenvalue weighted by molar-refractivity contribution is 0.260. The lowest BCUT2D eigenvalue weighted by Gasteiger charge is -2.24. The van der Waals surface area contributed by atoms with Crippen LogP contribution in [0.3, 0.4) is 0 Å². The molecule has 1 N–H and O–H groups in total. The third-order valence-corrected chi connectivity index (χ3v) is 4.97. The fourth-order valence-corrected chi connectivity index (χ4v) is 3.56. The second-order valence-corrected chi connectivity index (χ2v) is 6.45. The molecule has 0 aromatic carbocycles. The number of likely N-dealkylation sites (tertiary alicyclic amines) is 1. The SMILES string of the molecule is CCNCc1cc(N2CCC(N3CCCC3)C2)ncc1Cl. The van der Waals surface area contributed by atoms with Crippen molar-refractivity contribution in [2.24, 2.45) is 0 Å². The molecule has 1 aromatic rings. The maximum Gasteiger partial charge on any atom is 0.128 e. The van der Waals surface area contributed by atoms with Gasteiger partial charge in [-0.25, -0.2) is 4.98 Å². The topological polar surface area (TPSA) is 31.4 Å². The molecule has 0 bridgehead atoms. The number of anilines is 1. The Morgan fingerprint density at radius 1 is 1.33 bits per heavy atom. The van der Waals surface area contributed by atoms with Crippen LogP contribution < -0.4 is 10.2 Å². The van der Waals surface area contributed by atoms with E-state index in [9.17, 15) is 0 Å². The van der Waals surface area contributed by atoms with E-state index < -0.39 is 0 Å². The van der Waals surface area contributed by atoms with Crippen LogP contribution >= 0.6 is 11.6 Å².